The fraction of sp³-hybridized carbons (Fsp3) is 0.333. The van der Waals surface area contributed by atoms with Crippen LogP contribution >= 0.6 is 0 Å². The second-order valence-corrected chi connectivity index (χ2v) is 9.67. The van der Waals surface area contributed by atoms with Crippen molar-refractivity contribution in [1.29, 1.82) is 0 Å². The molecule has 0 atom stereocenters. The summed E-state index contributed by atoms with van der Waals surface area (Å²) in [6.45, 7) is 1.46. The summed E-state index contributed by atoms with van der Waals surface area (Å²) >= 11 is -0.659. The van der Waals surface area contributed by atoms with Crippen molar-refractivity contribution in [3.63, 3.8) is 0 Å². The Labute approximate surface area is 145 Å². The number of anilines is 1. The second kappa shape index (κ2) is 6.96. The predicted octanol–water partition coefficient (Wildman–Crippen LogP) is 2.41. The summed E-state index contributed by atoms with van der Waals surface area (Å²) in [5, 5.41) is 11.3. The Kier molecular flexibility index (Phi) is 4.93. The van der Waals surface area contributed by atoms with E-state index in [4.69, 9.17) is 4.18 Å². The number of hydrogen-bond acceptors (Lipinski definition) is 6. The molecule has 1 aromatic carbocycles. The third kappa shape index (κ3) is 3.63. The van der Waals surface area contributed by atoms with Crippen LogP contribution in [0.4, 0.5) is 10.2 Å². The van der Waals surface area contributed by atoms with Crippen LogP contribution in [0.3, 0.4) is 0 Å². The van der Waals surface area contributed by atoms with Crippen molar-refractivity contribution in [2.24, 2.45) is 0 Å². The standard InChI is InChI=1S/C15H16N2O5SSe/c18-17(19)13-11-14(24-15(13)16-9-5-2-6-10-16)23(20,21)22-12-7-3-1-4-8-12/h1,3-4,7-8,11H,2,5-6,9-10H2. The van der Waals surface area contributed by atoms with Gasteiger partial charge < -0.3 is 0 Å². The molecule has 7 nitrogen and oxygen atoms in total. The summed E-state index contributed by atoms with van der Waals surface area (Å²) in [5.41, 5.74) is -0.118. The Morgan fingerprint density at radius 1 is 1.12 bits per heavy atom. The van der Waals surface area contributed by atoms with Gasteiger partial charge in [0.15, 0.2) is 0 Å². The van der Waals surface area contributed by atoms with Crippen LogP contribution in [0.25, 0.3) is 0 Å². The van der Waals surface area contributed by atoms with E-state index in [1.54, 1.807) is 18.2 Å². The molecule has 2 aromatic rings. The molecule has 0 amide bonds. The Bertz CT molecular complexity index is 829. The molecule has 0 aliphatic carbocycles. The van der Waals surface area contributed by atoms with E-state index >= 15 is 0 Å². The molecular formula is C15H16N2O5SSe. The van der Waals surface area contributed by atoms with Gasteiger partial charge in [0.2, 0.25) is 0 Å². The maximum absolute atomic E-state index is 12.5. The van der Waals surface area contributed by atoms with Crippen LogP contribution in [0.2, 0.25) is 0 Å². The second-order valence-electron chi connectivity index (χ2n) is 5.41. The van der Waals surface area contributed by atoms with Crippen molar-refractivity contribution in [3.05, 3.63) is 46.5 Å². The first-order valence-corrected chi connectivity index (χ1v) is 10.6. The molecule has 0 saturated carbocycles. The molecule has 1 fully saturated rings. The van der Waals surface area contributed by atoms with E-state index in [2.05, 4.69) is 0 Å². The van der Waals surface area contributed by atoms with Crippen LogP contribution in [0.5, 0.6) is 5.75 Å². The molecule has 0 radical (unpaired) electrons. The zero-order valence-electron chi connectivity index (χ0n) is 12.8. The third-order valence-electron chi connectivity index (χ3n) is 3.71. The zero-order valence-corrected chi connectivity index (χ0v) is 15.3. The summed E-state index contributed by atoms with van der Waals surface area (Å²) in [5.74, 6) is 0.197. The first kappa shape index (κ1) is 17.0. The molecule has 3 rings (SSSR count). The van der Waals surface area contributed by atoms with E-state index in [0.29, 0.717) is 4.56 Å². The Hall–Kier alpha value is -1.83. The number of piperidine rings is 1. The van der Waals surface area contributed by atoms with E-state index in [1.165, 1.54) is 12.1 Å². The summed E-state index contributed by atoms with van der Waals surface area (Å²) < 4.78 is 30.5. The summed E-state index contributed by atoms with van der Waals surface area (Å²) in [7, 11) is -4.03. The van der Waals surface area contributed by atoms with E-state index in [1.807, 2.05) is 4.90 Å². The Morgan fingerprint density at radius 2 is 1.79 bits per heavy atom. The minimum atomic E-state index is -4.03. The average Bonchev–Trinajstić information content (AvgIpc) is 3.03. The molecule has 1 aromatic heterocycles. The van der Waals surface area contributed by atoms with Crippen molar-refractivity contribution >= 4 is 34.9 Å². The van der Waals surface area contributed by atoms with E-state index in [0.717, 1.165) is 38.4 Å². The third-order valence-corrected chi connectivity index (χ3v) is 8.50. The monoisotopic (exact) mass is 416 g/mol. The first-order chi connectivity index (χ1) is 11.5. The van der Waals surface area contributed by atoms with Gasteiger partial charge in [-0.25, -0.2) is 0 Å². The van der Waals surface area contributed by atoms with Crippen molar-refractivity contribution < 1.29 is 17.5 Å². The van der Waals surface area contributed by atoms with Gasteiger partial charge in [-0.05, 0) is 0 Å². The number of rotatable bonds is 5. The average molecular weight is 415 g/mol. The van der Waals surface area contributed by atoms with Gasteiger partial charge in [-0.1, -0.05) is 0 Å². The van der Waals surface area contributed by atoms with Crippen LogP contribution in [0.15, 0.2) is 40.2 Å². The van der Waals surface area contributed by atoms with E-state index < -0.39 is 29.5 Å². The number of para-hydroxylation sites is 1. The van der Waals surface area contributed by atoms with Crippen LogP contribution in [-0.4, -0.2) is 40.9 Å². The van der Waals surface area contributed by atoms with Crippen LogP contribution < -0.4 is 9.08 Å². The number of benzene rings is 1. The van der Waals surface area contributed by atoms with Crippen molar-refractivity contribution in [2.45, 2.75) is 23.0 Å². The molecule has 0 spiro atoms. The SMILES string of the molecule is O=[N+]([O-])c1cc(S(=O)(=O)Oc2ccccc2)[se]c1N1CCCCC1. The van der Waals surface area contributed by atoms with Gasteiger partial charge in [-0.15, -0.1) is 0 Å². The topological polar surface area (TPSA) is 89.8 Å². The Morgan fingerprint density at radius 3 is 2.42 bits per heavy atom. The minimum absolute atomic E-state index is 0.00822. The summed E-state index contributed by atoms with van der Waals surface area (Å²) in [6, 6.07) is 9.31. The summed E-state index contributed by atoms with van der Waals surface area (Å²) in [6.07, 6.45) is 3.03. The molecule has 0 bridgehead atoms. The van der Waals surface area contributed by atoms with Gasteiger partial charge in [-0.2, -0.15) is 0 Å². The molecule has 2 heterocycles. The molecule has 1 saturated heterocycles. The fourth-order valence-electron chi connectivity index (χ4n) is 2.57. The van der Waals surface area contributed by atoms with Crippen molar-refractivity contribution in [2.75, 3.05) is 18.0 Å². The number of nitrogens with zero attached hydrogens (tertiary/aromatic N) is 2. The van der Waals surface area contributed by atoms with Crippen LogP contribution in [0, 0.1) is 10.1 Å². The van der Waals surface area contributed by atoms with Crippen LogP contribution in [0.1, 0.15) is 19.3 Å². The normalized spacial score (nSPS) is 15.2. The predicted molar refractivity (Wildman–Crippen MR) is 90.4 cm³/mol. The zero-order chi connectivity index (χ0) is 17.2. The number of hydrogen-bond donors (Lipinski definition) is 0. The molecule has 9 heteroatoms. The van der Waals surface area contributed by atoms with E-state index in [-0.39, 0.29) is 15.2 Å². The van der Waals surface area contributed by atoms with Crippen LogP contribution in [-0.2, 0) is 10.1 Å². The maximum atomic E-state index is 12.5. The Balaban J connectivity index is 1.94. The van der Waals surface area contributed by atoms with Gasteiger partial charge in [0.1, 0.15) is 0 Å². The molecular weight excluding hydrogens is 399 g/mol. The van der Waals surface area contributed by atoms with Gasteiger partial charge >= 0.3 is 146 Å². The van der Waals surface area contributed by atoms with Crippen molar-refractivity contribution in [1.82, 2.24) is 0 Å². The quantitative estimate of drug-likeness (QED) is 0.323. The van der Waals surface area contributed by atoms with Gasteiger partial charge in [0.25, 0.3) is 0 Å². The molecule has 0 unspecified atom stereocenters. The number of nitro groups is 1. The molecule has 128 valence electrons. The molecule has 1 aliphatic heterocycles. The summed E-state index contributed by atoms with van der Waals surface area (Å²) in [4.78, 5) is 12.8. The molecule has 0 N–H and O–H groups in total. The molecule has 24 heavy (non-hydrogen) atoms. The van der Waals surface area contributed by atoms with Gasteiger partial charge in [0, 0.05) is 0 Å². The first-order valence-electron chi connectivity index (χ1n) is 7.50. The van der Waals surface area contributed by atoms with Crippen molar-refractivity contribution in [3.8, 4) is 5.75 Å². The van der Waals surface area contributed by atoms with Gasteiger partial charge in [-0.3, -0.25) is 0 Å². The fourth-order valence-corrected chi connectivity index (χ4v) is 6.55. The van der Waals surface area contributed by atoms with E-state index in [9.17, 15) is 18.5 Å². The van der Waals surface area contributed by atoms with Gasteiger partial charge in [0.05, 0.1) is 0 Å². The molecule has 1 aliphatic rings.